The molecule has 2 rings (SSSR count). The van der Waals surface area contributed by atoms with Gasteiger partial charge in [0, 0.05) is 12.3 Å². The van der Waals surface area contributed by atoms with Crippen LogP contribution in [0.3, 0.4) is 0 Å². The van der Waals surface area contributed by atoms with Crippen molar-refractivity contribution in [3.63, 3.8) is 0 Å². The Balaban J connectivity index is 2.10. The summed E-state index contributed by atoms with van der Waals surface area (Å²) in [6.45, 7) is 0.723. The second kappa shape index (κ2) is 4.93. The number of halogens is 1. The first-order chi connectivity index (χ1) is 7.66. The average molecular weight is 243 g/mol. The molecule has 0 aromatic heterocycles. The molecule has 0 amide bonds. The largest absolute Gasteiger partial charge is 0.398 e. The second-order valence-corrected chi connectivity index (χ2v) is 5.29. The van der Waals surface area contributed by atoms with E-state index in [-0.39, 0.29) is 6.10 Å². The molecule has 0 radical (unpaired) electrons. The summed E-state index contributed by atoms with van der Waals surface area (Å²) in [4.78, 5) is 0.371. The van der Waals surface area contributed by atoms with Crippen molar-refractivity contribution in [2.75, 3.05) is 18.1 Å². The first kappa shape index (κ1) is 11.5. The lowest BCUT2D eigenvalue weighted by Crippen LogP contribution is -2.16. The van der Waals surface area contributed by atoms with Gasteiger partial charge in [-0.1, -0.05) is 0 Å². The maximum Gasteiger partial charge on any atom is 0.124 e. The van der Waals surface area contributed by atoms with Gasteiger partial charge in [0.25, 0.3) is 0 Å². The number of rotatable bonds is 3. The van der Waals surface area contributed by atoms with Crippen LogP contribution >= 0.6 is 0 Å². The normalized spacial score (nSPS) is 22.2. The lowest BCUT2D eigenvalue weighted by molar-refractivity contribution is 0.128. The molecule has 1 aliphatic rings. The molecule has 2 N–H and O–H groups in total. The van der Waals surface area contributed by atoms with Gasteiger partial charge in [0.2, 0.25) is 0 Å². The molecule has 0 bridgehead atoms. The Morgan fingerprint density at radius 1 is 1.56 bits per heavy atom. The van der Waals surface area contributed by atoms with Crippen LogP contribution in [0.1, 0.15) is 12.8 Å². The van der Waals surface area contributed by atoms with Crippen LogP contribution < -0.4 is 5.73 Å². The smallest absolute Gasteiger partial charge is 0.124 e. The number of nitrogens with two attached hydrogens (primary N) is 1. The highest BCUT2D eigenvalue weighted by Gasteiger charge is 2.20. The van der Waals surface area contributed by atoms with Crippen LogP contribution in [-0.4, -0.2) is 22.7 Å². The van der Waals surface area contributed by atoms with Crippen molar-refractivity contribution >= 4 is 16.5 Å². The van der Waals surface area contributed by atoms with E-state index in [0.717, 1.165) is 19.4 Å². The van der Waals surface area contributed by atoms with Crippen molar-refractivity contribution < 1.29 is 13.3 Å². The molecule has 88 valence electrons. The van der Waals surface area contributed by atoms with Gasteiger partial charge in [-0.15, -0.1) is 0 Å². The Labute approximate surface area is 96.2 Å². The maximum absolute atomic E-state index is 13.0. The van der Waals surface area contributed by atoms with E-state index in [1.54, 1.807) is 0 Å². The molecule has 2 unspecified atom stereocenters. The SMILES string of the molecule is Nc1ccc(F)cc1S(=O)CC1CCCO1. The van der Waals surface area contributed by atoms with E-state index in [2.05, 4.69) is 0 Å². The highest BCUT2D eigenvalue weighted by molar-refractivity contribution is 7.85. The number of hydrogen-bond donors (Lipinski definition) is 1. The summed E-state index contributed by atoms with van der Waals surface area (Å²) >= 11 is 0. The number of nitrogen functional groups attached to an aromatic ring is 1. The summed E-state index contributed by atoms with van der Waals surface area (Å²) in [5.74, 6) is -0.0157. The first-order valence-electron chi connectivity index (χ1n) is 5.22. The van der Waals surface area contributed by atoms with Gasteiger partial charge in [-0.25, -0.2) is 4.39 Å². The minimum atomic E-state index is -1.29. The van der Waals surface area contributed by atoms with E-state index in [1.165, 1.54) is 18.2 Å². The van der Waals surface area contributed by atoms with Crippen LogP contribution in [0.25, 0.3) is 0 Å². The monoisotopic (exact) mass is 243 g/mol. The topological polar surface area (TPSA) is 52.3 Å². The van der Waals surface area contributed by atoms with Crippen LogP contribution in [0.2, 0.25) is 0 Å². The van der Waals surface area contributed by atoms with Crippen LogP contribution in [0.5, 0.6) is 0 Å². The van der Waals surface area contributed by atoms with E-state index in [9.17, 15) is 8.60 Å². The van der Waals surface area contributed by atoms with Gasteiger partial charge in [-0.3, -0.25) is 4.21 Å². The fourth-order valence-corrected chi connectivity index (χ4v) is 3.09. The van der Waals surface area contributed by atoms with Crippen molar-refractivity contribution in [3.8, 4) is 0 Å². The number of anilines is 1. The third-order valence-corrected chi connectivity index (χ3v) is 4.10. The van der Waals surface area contributed by atoms with E-state index >= 15 is 0 Å². The fourth-order valence-electron chi connectivity index (χ4n) is 1.74. The lowest BCUT2D eigenvalue weighted by Gasteiger charge is -2.10. The standard InChI is InChI=1S/C11H14FNO2S/c12-8-3-4-10(13)11(6-8)16(14)7-9-2-1-5-15-9/h3-4,6,9H,1-2,5,7,13H2. The minimum absolute atomic E-state index is 0.0171. The molecule has 1 fully saturated rings. The molecule has 0 spiro atoms. The van der Waals surface area contributed by atoms with Gasteiger partial charge < -0.3 is 10.5 Å². The van der Waals surface area contributed by atoms with Crippen LogP contribution in [0.15, 0.2) is 23.1 Å². The van der Waals surface area contributed by atoms with Gasteiger partial charge in [0.15, 0.2) is 0 Å². The number of benzene rings is 1. The molecular weight excluding hydrogens is 229 g/mol. The van der Waals surface area contributed by atoms with Gasteiger partial charge in [-0.05, 0) is 31.0 Å². The Morgan fingerprint density at radius 2 is 2.38 bits per heavy atom. The second-order valence-electron chi connectivity index (χ2n) is 3.83. The molecule has 16 heavy (non-hydrogen) atoms. The maximum atomic E-state index is 13.0. The average Bonchev–Trinajstić information content (AvgIpc) is 2.74. The first-order valence-corrected chi connectivity index (χ1v) is 6.53. The molecule has 1 saturated heterocycles. The zero-order chi connectivity index (χ0) is 11.5. The zero-order valence-corrected chi connectivity index (χ0v) is 9.63. The highest BCUT2D eigenvalue weighted by Crippen LogP contribution is 2.21. The predicted molar refractivity (Wildman–Crippen MR) is 61.1 cm³/mol. The van der Waals surface area contributed by atoms with Gasteiger partial charge in [0.1, 0.15) is 5.82 Å². The van der Waals surface area contributed by atoms with Crippen molar-refractivity contribution in [2.24, 2.45) is 0 Å². The summed E-state index contributed by atoms with van der Waals surface area (Å²) < 4.78 is 30.3. The molecule has 1 aromatic carbocycles. The Morgan fingerprint density at radius 3 is 3.06 bits per heavy atom. The third-order valence-electron chi connectivity index (χ3n) is 2.58. The fraction of sp³-hybridized carbons (Fsp3) is 0.455. The molecule has 1 heterocycles. The number of ether oxygens (including phenoxy) is 1. The Kier molecular flexibility index (Phi) is 3.56. The summed E-state index contributed by atoms with van der Waals surface area (Å²) in [5.41, 5.74) is 6.04. The van der Waals surface area contributed by atoms with E-state index in [0.29, 0.717) is 16.3 Å². The minimum Gasteiger partial charge on any atom is -0.398 e. The quantitative estimate of drug-likeness (QED) is 0.822. The van der Waals surface area contributed by atoms with Crippen LogP contribution in [0, 0.1) is 5.82 Å². The van der Waals surface area contributed by atoms with E-state index in [1.807, 2.05) is 0 Å². The summed E-state index contributed by atoms with van der Waals surface area (Å²) in [5, 5.41) is 0. The molecule has 1 aromatic rings. The molecule has 3 nitrogen and oxygen atoms in total. The van der Waals surface area contributed by atoms with Crippen molar-refractivity contribution in [1.82, 2.24) is 0 Å². The predicted octanol–water partition coefficient (Wildman–Crippen LogP) is 1.69. The van der Waals surface area contributed by atoms with Gasteiger partial charge >= 0.3 is 0 Å². The Bertz CT molecular complexity index is 405. The molecule has 0 saturated carbocycles. The Hall–Kier alpha value is -0.940. The van der Waals surface area contributed by atoms with Crippen molar-refractivity contribution in [1.29, 1.82) is 0 Å². The van der Waals surface area contributed by atoms with E-state index in [4.69, 9.17) is 10.5 Å². The zero-order valence-electron chi connectivity index (χ0n) is 8.82. The molecular formula is C11H14FNO2S. The lowest BCUT2D eigenvalue weighted by atomic mass is 10.3. The number of hydrogen-bond acceptors (Lipinski definition) is 3. The summed E-state index contributed by atoms with van der Waals surface area (Å²) in [6.07, 6.45) is 1.94. The summed E-state index contributed by atoms with van der Waals surface area (Å²) in [7, 11) is -1.29. The van der Waals surface area contributed by atoms with E-state index < -0.39 is 16.6 Å². The highest BCUT2D eigenvalue weighted by atomic mass is 32.2. The summed E-state index contributed by atoms with van der Waals surface area (Å²) in [6, 6.07) is 3.95. The van der Waals surface area contributed by atoms with Crippen LogP contribution in [0.4, 0.5) is 10.1 Å². The molecule has 2 atom stereocenters. The van der Waals surface area contributed by atoms with Crippen molar-refractivity contribution in [2.45, 2.75) is 23.8 Å². The molecule has 5 heteroatoms. The van der Waals surface area contributed by atoms with Crippen LogP contribution in [-0.2, 0) is 15.5 Å². The molecule has 1 aliphatic heterocycles. The van der Waals surface area contributed by atoms with Gasteiger partial charge in [-0.2, -0.15) is 0 Å². The van der Waals surface area contributed by atoms with Crippen molar-refractivity contribution in [3.05, 3.63) is 24.0 Å². The van der Waals surface area contributed by atoms with Gasteiger partial charge in [0.05, 0.1) is 27.6 Å². The third kappa shape index (κ3) is 2.59. The molecule has 0 aliphatic carbocycles.